The molecule has 0 radical (unpaired) electrons. The van der Waals surface area contributed by atoms with Crippen LogP contribution in [-0.2, 0) is 0 Å². The van der Waals surface area contributed by atoms with Crippen LogP contribution in [0.3, 0.4) is 0 Å². The highest BCUT2D eigenvalue weighted by Gasteiger charge is 2.35. The summed E-state index contributed by atoms with van der Waals surface area (Å²) >= 11 is 9.42. The topological polar surface area (TPSA) is 39.1 Å². The Balaban J connectivity index is 2.10. The van der Waals surface area contributed by atoms with Crippen molar-refractivity contribution in [3.8, 4) is 6.07 Å². The Bertz CT molecular complexity index is 516. The van der Waals surface area contributed by atoms with Gasteiger partial charge < -0.3 is 10.2 Å². The van der Waals surface area contributed by atoms with Gasteiger partial charge in [-0.25, -0.2) is 0 Å². The molecule has 5 heteroatoms. The Labute approximate surface area is 134 Å². The Morgan fingerprint density at radius 3 is 2.55 bits per heavy atom. The van der Waals surface area contributed by atoms with Gasteiger partial charge in [-0.2, -0.15) is 5.26 Å². The molecule has 0 atom stereocenters. The van der Waals surface area contributed by atoms with Crippen molar-refractivity contribution in [1.82, 2.24) is 4.90 Å². The van der Waals surface area contributed by atoms with Crippen LogP contribution in [0.5, 0.6) is 0 Å². The summed E-state index contributed by atoms with van der Waals surface area (Å²) in [6, 6.07) is 8.69. The molecule has 0 aliphatic carbocycles. The quantitative estimate of drug-likeness (QED) is 0.878. The molecule has 1 aromatic carbocycles. The molecule has 0 spiro atoms. The first-order chi connectivity index (χ1) is 9.46. The maximum Gasteiger partial charge on any atom is 0.127 e. The minimum absolute atomic E-state index is 0.474. The highest BCUT2D eigenvalue weighted by atomic mass is 79.9. The summed E-state index contributed by atoms with van der Waals surface area (Å²) in [7, 11) is 0. The number of hydrogen-bond acceptors (Lipinski definition) is 3. The lowest BCUT2D eigenvalue weighted by Gasteiger charge is -2.40. The van der Waals surface area contributed by atoms with Crippen LogP contribution in [0, 0.1) is 11.3 Å². The van der Waals surface area contributed by atoms with Crippen molar-refractivity contribution in [3.05, 3.63) is 27.7 Å². The summed E-state index contributed by atoms with van der Waals surface area (Å²) in [6.07, 6.45) is 1.67. The van der Waals surface area contributed by atoms with Gasteiger partial charge in [-0.15, -0.1) is 0 Å². The number of nitrogens with zero attached hydrogens (tertiary/aromatic N) is 2. The lowest BCUT2D eigenvalue weighted by Crippen LogP contribution is -2.50. The highest BCUT2D eigenvalue weighted by Crippen LogP contribution is 2.31. The lowest BCUT2D eigenvalue weighted by atomic mass is 9.88. The molecule has 1 N–H and O–H groups in total. The van der Waals surface area contributed by atoms with Gasteiger partial charge in [0.2, 0.25) is 0 Å². The number of piperidine rings is 1. The molecule has 1 fully saturated rings. The molecule has 0 saturated carbocycles. The molecule has 1 heterocycles. The van der Waals surface area contributed by atoms with Gasteiger partial charge in [-0.05, 0) is 60.8 Å². The summed E-state index contributed by atoms with van der Waals surface area (Å²) in [5.74, 6) is 0. The van der Waals surface area contributed by atoms with Crippen molar-refractivity contribution in [2.45, 2.75) is 38.3 Å². The van der Waals surface area contributed by atoms with Gasteiger partial charge in [0, 0.05) is 29.3 Å². The summed E-state index contributed by atoms with van der Waals surface area (Å²) in [5, 5.41) is 13.7. The largest absolute Gasteiger partial charge is 0.367 e. The minimum Gasteiger partial charge on any atom is -0.367 e. The monoisotopic (exact) mass is 355 g/mol. The molecule has 3 nitrogen and oxygen atoms in total. The predicted octanol–water partition coefficient (Wildman–Crippen LogP) is 4.28. The van der Waals surface area contributed by atoms with Crippen LogP contribution < -0.4 is 5.32 Å². The molecule has 1 aliphatic heterocycles. The van der Waals surface area contributed by atoms with E-state index in [1.54, 1.807) is 0 Å². The fourth-order valence-electron chi connectivity index (χ4n) is 2.54. The van der Waals surface area contributed by atoms with E-state index in [1.165, 1.54) is 0 Å². The average molecular weight is 357 g/mol. The molecule has 20 heavy (non-hydrogen) atoms. The number of hydrogen-bond donors (Lipinski definition) is 1. The zero-order valence-corrected chi connectivity index (χ0v) is 14.1. The molecule has 1 aliphatic rings. The van der Waals surface area contributed by atoms with E-state index < -0.39 is 5.54 Å². The summed E-state index contributed by atoms with van der Waals surface area (Å²) in [4.78, 5) is 2.41. The highest BCUT2D eigenvalue weighted by molar-refractivity contribution is 9.10. The normalized spacial score (nSPS) is 18.8. The van der Waals surface area contributed by atoms with Crippen molar-refractivity contribution >= 4 is 33.2 Å². The van der Waals surface area contributed by atoms with Crippen molar-refractivity contribution in [1.29, 1.82) is 5.26 Å². The Morgan fingerprint density at radius 2 is 2.05 bits per heavy atom. The number of benzene rings is 1. The standard InChI is InChI=1S/C15H19BrClN3/c1-11(2)20-7-5-15(10-18,6-8-20)19-12-3-4-14(17)13(16)9-12/h3-4,9,11,19H,5-8H2,1-2H3. The molecule has 0 unspecified atom stereocenters. The molecule has 108 valence electrons. The minimum atomic E-state index is -0.474. The van der Waals surface area contributed by atoms with Gasteiger partial charge in [-0.3, -0.25) is 0 Å². The van der Waals surface area contributed by atoms with Crippen LogP contribution in [0.25, 0.3) is 0 Å². The number of anilines is 1. The van der Waals surface area contributed by atoms with Gasteiger partial charge in [0.05, 0.1) is 11.1 Å². The number of likely N-dealkylation sites (tertiary alicyclic amines) is 1. The van der Waals surface area contributed by atoms with Crippen LogP contribution in [-0.4, -0.2) is 29.6 Å². The second-order valence-corrected chi connectivity index (χ2v) is 6.84. The Morgan fingerprint density at radius 1 is 1.40 bits per heavy atom. The number of halogens is 2. The fourth-order valence-corrected chi connectivity index (χ4v) is 3.03. The SMILES string of the molecule is CC(C)N1CCC(C#N)(Nc2ccc(Cl)c(Br)c2)CC1. The first-order valence-electron chi connectivity index (χ1n) is 6.84. The zero-order valence-electron chi connectivity index (χ0n) is 11.8. The van der Waals surface area contributed by atoms with Gasteiger partial charge in [-0.1, -0.05) is 11.6 Å². The second kappa shape index (κ2) is 6.34. The fraction of sp³-hybridized carbons (Fsp3) is 0.533. The first-order valence-corrected chi connectivity index (χ1v) is 8.01. The smallest absolute Gasteiger partial charge is 0.127 e. The van der Waals surface area contributed by atoms with Crippen LogP contribution >= 0.6 is 27.5 Å². The van der Waals surface area contributed by atoms with E-state index in [0.29, 0.717) is 11.1 Å². The second-order valence-electron chi connectivity index (χ2n) is 5.58. The third-order valence-electron chi connectivity index (χ3n) is 3.90. The van der Waals surface area contributed by atoms with E-state index in [9.17, 15) is 5.26 Å². The molecule has 1 saturated heterocycles. The van der Waals surface area contributed by atoms with Crippen molar-refractivity contribution < 1.29 is 0 Å². The average Bonchev–Trinajstić information content (AvgIpc) is 2.43. The van der Waals surface area contributed by atoms with Crippen molar-refractivity contribution in [2.24, 2.45) is 0 Å². The van der Waals surface area contributed by atoms with Crippen molar-refractivity contribution in [2.75, 3.05) is 18.4 Å². The van der Waals surface area contributed by atoms with Crippen LogP contribution in [0.1, 0.15) is 26.7 Å². The summed E-state index contributed by atoms with van der Waals surface area (Å²) in [5.41, 5.74) is 0.458. The van der Waals surface area contributed by atoms with E-state index >= 15 is 0 Å². The van der Waals surface area contributed by atoms with E-state index in [0.717, 1.165) is 36.1 Å². The zero-order chi connectivity index (χ0) is 14.8. The predicted molar refractivity (Wildman–Crippen MR) is 87.1 cm³/mol. The summed E-state index contributed by atoms with van der Waals surface area (Å²) < 4.78 is 0.844. The van der Waals surface area contributed by atoms with Gasteiger partial charge in [0.1, 0.15) is 5.54 Å². The number of nitrogens with one attached hydrogen (secondary N) is 1. The third-order valence-corrected chi connectivity index (χ3v) is 5.11. The first kappa shape index (κ1) is 15.6. The van der Waals surface area contributed by atoms with E-state index in [4.69, 9.17) is 11.6 Å². The molecule has 1 aromatic rings. The van der Waals surface area contributed by atoms with E-state index in [2.05, 4.69) is 46.1 Å². The van der Waals surface area contributed by atoms with Gasteiger partial charge in [0.25, 0.3) is 0 Å². The van der Waals surface area contributed by atoms with Crippen LogP contribution in [0.2, 0.25) is 5.02 Å². The van der Waals surface area contributed by atoms with Crippen LogP contribution in [0.4, 0.5) is 5.69 Å². The number of nitriles is 1. The molecular formula is C15H19BrClN3. The molecule has 0 aromatic heterocycles. The summed E-state index contributed by atoms with van der Waals surface area (Å²) in [6.45, 7) is 6.30. The molecule has 0 bridgehead atoms. The van der Waals surface area contributed by atoms with E-state index in [-0.39, 0.29) is 0 Å². The lowest BCUT2D eigenvalue weighted by molar-refractivity contribution is 0.160. The Hall–Kier alpha value is -0.760. The Kier molecular flexibility index (Phi) is 4.95. The molecule has 0 amide bonds. The van der Waals surface area contributed by atoms with E-state index in [1.807, 2.05) is 18.2 Å². The van der Waals surface area contributed by atoms with Gasteiger partial charge >= 0.3 is 0 Å². The van der Waals surface area contributed by atoms with Crippen LogP contribution in [0.15, 0.2) is 22.7 Å². The third kappa shape index (κ3) is 3.46. The number of rotatable bonds is 3. The molecular weight excluding hydrogens is 338 g/mol. The maximum atomic E-state index is 9.58. The maximum absolute atomic E-state index is 9.58. The van der Waals surface area contributed by atoms with Gasteiger partial charge in [0.15, 0.2) is 0 Å². The van der Waals surface area contributed by atoms with Crippen molar-refractivity contribution in [3.63, 3.8) is 0 Å². The molecule has 2 rings (SSSR count).